The molecule has 1 heterocycles. The highest BCUT2D eigenvalue weighted by molar-refractivity contribution is 7.12. The lowest BCUT2D eigenvalue weighted by atomic mass is 9.85. The van der Waals surface area contributed by atoms with E-state index in [0.717, 1.165) is 6.42 Å². The van der Waals surface area contributed by atoms with E-state index in [9.17, 15) is 0 Å². The van der Waals surface area contributed by atoms with Gasteiger partial charge in [-0.2, -0.15) is 0 Å². The average molecular weight is 231 g/mol. The van der Waals surface area contributed by atoms with Gasteiger partial charge in [-0.1, -0.05) is 20.8 Å². The van der Waals surface area contributed by atoms with Gasteiger partial charge in [-0.25, -0.2) is 0 Å². The summed E-state index contributed by atoms with van der Waals surface area (Å²) in [6.45, 7) is 11.0. The van der Waals surface area contributed by atoms with Crippen molar-refractivity contribution in [2.75, 3.05) is 0 Å². The molecule has 1 aromatic heterocycles. The maximum Gasteiger partial charge on any atom is 0.0732 e. The summed E-state index contributed by atoms with van der Waals surface area (Å²) in [6, 6.07) is 2.22. The van der Waals surface area contributed by atoms with Gasteiger partial charge in [-0.15, -0.1) is 22.9 Å². The fourth-order valence-corrected chi connectivity index (χ4v) is 3.13. The molecule has 0 aliphatic carbocycles. The number of hydrogen-bond acceptors (Lipinski definition) is 1. The molecule has 0 saturated heterocycles. The lowest BCUT2D eigenvalue weighted by molar-refractivity contribution is 0.338. The zero-order valence-electron chi connectivity index (χ0n) is 9.65. The van der Waals surface area contributed by atoms with E-state index in [4.69, 9.17) is 11.6 Å². The average Bonchev–Trinajstić information content (AvgIpc) is 2.44. The Hall–Kier alpha value is -0.0100. The van der Waals surface area contributed by atoms with Crippen LogP contribution >= 0.6 is 22.9 Å². The highest BCUT2D eigenvalue weighted by atomic mass is 35.5. The molecule has 0 radical (unpaired) electrons. The first kappa shape index (κ1) is 12.1. The molecule has 1 rings (SSSR count). The molecular weight excluding hydrogens is 212 g/mol. The molecule has 1 unspecified atom stereocenters. The summed E-state index contributed by atoms with van der Waals surface area (Å²) in [5.41, 5.74) is 1.53. The van der Waals surface area contributed by atoms with Crippen LogP contribution in [0.3, 0.4) is 0 Å². The van der Waals surface area contributed by atoms with E-state index in [2.05, 4.69) is 40.7 Å². The van der Waals surface area contributed by atoms with E-state index < -0.39 is 0 Å². The lowest BCUT2D eigenvalue weighted by Crippen LogP contribution is -2.16. The van der Waals surface area contributed by atoms with Gasteiger partial charge in [0.25, 0.3) is 0 Å². The molecule has 0 amide bonds. The van der Waals surface area contributed by atoms with Gasteiger partial charge in [0.15, 0.2) is 0 Å². The summed E-state index contributed by atoms with van der Waals surface area (Å²) < 4.78 is 0. The maximum atomic E-state index is 6.53. The van der Waals surface area contributed by atoms with Gasteiger partial charge in [0.1, 0.15) is 0 Å². The van der Waals surface area contributed by atoms with E-state index in [1.165, 1.54) is 15.3 Å². The van der Waals surface area contributed by atoms with E-state index in [-0.39, 0.29) is 10.8 Å². The Kier molecular flexibility index (Phi) is 3.65. The third kappa shape index (κ3) is 2.32. The minimum absolute atomic E-state index is 0.145. The number of aryl methyl sites for hydroxylation is 2. The number of rotatable bonds is 3. The highest BCUT2D eigenvalue weighted by Gasteiger charge is 2.29. The summed E-state index contributed by atoms with van der Waals surface area (Å²) in [5.74, 6) is 0. The van der Waals surface area contributed by atoms with Crippen LogP contribution in [0.5, 0.6) is 0 Å². The molecule has 2 heteroatoms. The SMILES string of the molecule is CCC(C)(C)C(Cl)c1sc(C)cc1C. The van der Waals surface area contributed by atoms with Crippen molar-refractivity contribution in [1.29, 1.82) is 0 Å². The minimum Gasteiger partial charge on any atom is -0.144 e. The fourth-order valence-electron chi connectivity index (χ4n) is 1.45. The van der Waals surface area contributed by atoms with Crippen molar-refractivity contribution in [1.82, 2.24) is 0 Å². The molecule has 0 fully saturated rings. The third-order valence-electron chi connectivity index (χ3n) is 2.91. The zero-order chi connectivity index (χ0) is 10.9. The Morgan fingerprint density at radius 2 is 2.00 bits per heavy atom. The van der Waals surface area contributed by atoms with Gasteiger partial charge in [-0.3, -0.25) is 0 Å². The second kappa shape index (κ2) is 4.24. The molecule has 0 N–H and O–H groups in total. The van der Waals surface area contributed by atoms with Crippen LogP contribution in [-0.2, 0) is 0 Å². The maximum absolute atomic E-state index is 6.53. The Bertz CT molecular complexity index is 312. The zero-order valence-corrected chi connectivity index (χ0v) is 11.2. The van der Waals surface area contributed by atoms with Gasteiger partial charge < -0.3 is 0 Å². The Morgan fingerprint density at radius 1 is 1.43 bits per heavy atom. The van der Waals surface area contributed by atoms with E-state index in [0.29, 0.717) is 0 Å². The van der Waals surface area contributed by atoms with Crippen molar-refractivity contribution in [2.45, 2.75) is 46.4 Å². The molecule has 14 heavy (non-hydrogen) atoms. The summed E-state index contributed by atoms with van der Waals surface area (Å²) in [5, 5.41) is 0.145. The molecular formula is C12H19ClS. The van der Waals surface area contributed by atoms with Crippen LogP contribution < -0.4 is 0 Å². The van der Waals surface area contributed by atoms with Crippen LogP contribution in [-0.4, -0.2) is 0 Å². The van der Waals surface area contributed by atoms with Gasteiger partial charge in [0, 0.05) is 9.75 Å². The summed E-state index contributed by atoms with van der Waals surface area (Å²) in [6.07, 6.45) is 1.11. The fraction of sp³-hybridized carbons (Fsp3) is 0.667. The lowest BCUT2D eigenvalue weighted by Gasteiger charge is -2.28. The second-order valence-corrected chi connectivity index (χ2v) is 6.33. The van der Waals surface area contributed by atoms with Crippen molar-refractivity contribution in [3.63, 3.8) is 0 Å². The third-order valence-corrected chi connectivity index (χ3v) is 5.06. The van der Waals surface area contributed by atoms with E-state index >= 15 is 0 Å². The number of halogens is 1. The summed E-state index contributed by atoms with van der Waals surface area (Å²) in [4.78, 5) is 2.70. The molecule has 0 saturated carbocycles. The molecule has 0 aliphatic heterocycles. The van der Waals surface area contributed by atoms with Crippen molar-refractivity contribution in [3.8, 4) is 0 Å². The molecule has 0 spiro atoms. The van der Waals surface area contributed by atoms with Crippen LogP contribution in [0, 0.1) is 19.3 Å². The summed E-state index contributed by atoms with van der Waals surface area (Å²) >= 11 is 8.36. The predicted molar refractivity (Wildman–Crippen MR) is 66.5 cm³/mol. The first-order valence-electron chi connectivity index (χ1n) is 5.09. The molecule has 0 aliphatic rings. The monoisotopic (exact) mass is 230 g/mol. The minimum atomic E-state index is 0.145. The largest absolute Gasteiger partial charge is 0.144 e. The van der Waals surface area contributed by atoms with Crippen molar-refractivity contribution >= 4 is 22.9 Å². The standard InChI is InChI=1S/C12H19ClS/c1-6-12(4,5)11(13)10-8(2)7-9(3)14-10/h7,11H,6H2,1-5H3. The van der Waals surface area contributed by atoms with Crippen LogP contribution in [0.25, 0.3) is 0 Å². The van der Waals surface area contributed by atoms with Gasteiger partial charge in [0.05, 0.1) is 5.38 Å². The first-order chi connectivity index (χ1) is 6.38. The summed E-state index contributed by atoms with van der Waals surface area (Å²) in [7, 11) is 0. The first-order valence-corrected chi connectivity index (χ1v) is 6.34. The Morgan fingerprint density at radius 3 is 2.36 bits per heavy atom. The van der Waals surface area contributed by atoms with E-state index in [1.807, 2.05) is 11.3 Å². The van der Waals surface area contributed by atoms with Crippen LogP contribution in [0.4, 0.5) is 0 Å². The van der Waals surface area contributed by atoms with Crippen LogP contribution in [0.15, 0.2) is 6.07 Å². The smallest absolute Gasteiger partial charge is 0.0732 e. The van der Waals surface area contributed by atoms with Crippen LogP contribution in [0.1, 0.15) is 47.9 Å². The second-order valence-electron chi connectivity index (χ2n) is 4.61. The number of thiophene rings is 1. The van der Waals surface area contributed by atoms with Gasteiger partial charge >= 0.3 is 0 Å². The Balaban J connectivity index is 3.00. The predicted octanol–water partition coefficient (Wildman–Crippen LogP) is 5.08. The van der Waals surface area contributed by atoms with Crippen molar-refractivity contribution in [2.24, 2.45) is 5.41 Å². The number of alkyl halides is 1. The molecule has 0 bridgehead atoms. The van der Waals surface area contributed by atoms with Gasteiger partial charge in [0.2, 0.25) is 0 Å². The van der Waals surface area contributed by atoms with E-state index in [1.54, 1.807) is 0 Å². The Labute approximate surface area is 96.3 Å². The van der Waals surface area contributed by atoms with Crippen LogP contribution in [0.2, 0.25) is 0 Å². The number of hydrogen-bond donors (Lipinski definition) is 0. The quantitative estimate of drug-likeness (QED) is 0.636. The topological polar surface area (TPSA) is 0 Å². The van der Waals surface area contributed by atoms with Gasteiger partial charge in [-0.05, 0) is 37.3 Å². The van der Waals surface area contributed by atoms with Crippen molar-refractivity contribution < 1.29 is 0 Å². The molecule has 1 atom stereocenters. The molecule has 1 aromatic rings. The highest BCUT2D eigenvalue weighted by Crippen LogP contribution is 2.45. The van der Waals surface area contributed by atoms with Crippen molar-refractivity contribution in [3.05, 3.63) is 21.4 Å². The molecule has 0 aromatic carbocycles. The molecule has 80 valence electrons. The molecule has 0 nitrogen and oxygen atoms in total. The normalized spacial score (nSPS) is 14.4.